The minimum absolute atomic E-state index is 0. The van der Waals surface area contributed by atoms with Crippen LogP contribution in [-0.4, -0.2) is 35.0 Å². The minimum Gasteiger partial charge on any atom is -0.352 e. The van der Waals surface area contributed by atoms with E-state index >= 15 is 0 Å². The van der Waals surface area contributed by atoms with Crippen molar-refractivity contribution in [2.75, 3.05) is 6.54 Å². The molecular weight excluding hydrogens is 369 g/mol. The predicted octanol–water partition coefficient (Wildman–Crippen LogP) is 3.52. The van der Waals surface area contributed by atoms with Crippen LogP contribution in [0.3, 0.4) is 0 Å². The maximum atomic E-state index is 12.7. The summed E-state index contributed by atoms with van der Waals surface area (Å²) in [4.78, 5) is 15.2. The second-order valence-electron chi connectivity index (χ2n) is 8.01. The topological polar surface area (TPSA) is 58.4 Å². The van der Waals surface area contributed by atoms with Gasteiger partial charge in [0, 0.05) is 30.7 Å². The first-order valence-electron chi connectivity index (χ1n) is 9.33. The van der Waals surface area contributed by atoms with E-state index < -0.39 is 0 Å². The number of nitrogens with one attached hydrogen (secondary N) is 1. The van der Waals surface area contributed by atoms with Crippen LogP contribution in [0.15, 0.2) is 30.3 Å². The number of benzene rings is 1. The van der Waals surface area contributed by atoms with Gasteiger partial charge in [-0.25, -0.2) is 0 Å². The van der Waals surface area contributed by atoms with E-state index in [1.165, 1.54) is 5.56 Å². The first kappa shape index (κ1) is 23.2. The van der Waals surface area contributed by atoms with E-state index in [0.717, 1.165) is 45.2 Å². The minimum atomic E-state index is -0.351. The molecule has 4 unspecified atom stereocenters. The van der Waals surface area contributed by atoms with Crippen LogP contribution in [0.1, 0.15) is 51.5 Å². The van der Waals surface area contributed by atoms with Crippen LogP contribution in [0.4, 0.5) is 0 Å². The lowest BCUT2D eigenvalue weighted by Gasteiger charge is -2.37. The Bertz CT molecular complexity index is 567. The molecule has 0 bridgehead atoms. The molecule has 1 aliphatic carbocycles. The molecule has 148 valence electrons. The number of hydrogen-bond acceptors (Lipinski definition) is 3. The summed E-state index contributed by atoms with van der Waals surface area (Å²) in [6, 6.07) is 11.3. The van der Waals surface area contributed by atoms with E-state index in [0.29, 0.717) is 6.04 Å². The summed E-state index contributed by atoms with van der Waals surface area (Å²) in [5.74, 6) is 0.128. The average Bonchev–Trinajstić information content (AvgIpc) is 2.87. The molecule has 3 rings (SSSR count). The molecule has 3 N–H and O–H groups in total. The van der Waals surface area contributed by atoms with Gasteiger partial charge in [0.1, 0.15) is 0 Å². The molecule has 0 spiro atoms. The zero-order chi connectivity index (χ0) is 17.2. The Morgan fingerprint density at radius 1 is 1.27 bits per heavy atom. The molecule has 1 saturated carbocycles. The summed E-state index contributed by atoms with van der Waals surface area (Å²) in [6.45, 7) is 6.17. The second-order valence-corrected chi connectivity index (χ2v) is 8.01. The molecule has 1 heterocycles. The molecule has 0 aromatic heterocycles. The first-order valence-corrected chi connectivity index (χ1v) is 9.33. The van der Waals surface area contributed by atoms with Crippen LogP contribution in [0.5, 0.6) is 0 Å². The van der Waals surface area contributed by atoms with Crippen molar-refractivity contribution in [3.8, 4) is 0 Å². The van der Waals surface area contributed by atoms with Crippen molar-refractivity contribution in [3.63, 3.8) is 0 Å². The first-order chi connectivity index (χ1) is 11.5. The lowest BCUT2D eigenvalue weighted by atomic mass is 9.74. The second kappa shape index (κ2) is 9.93. The van der Waals surface area contributed by atoms with Gasteiger partial charge in [0.15, 0.2) is 0 Å². The number of carbonyl (C=O) groups excluding carboxylic acids is 1. The molecule has 4 nitrogen and oxygen atoms in total. The molecule has 1 aromatic rings. The summed E-state index contributed by atoms with van der Waals surface area (Å²) in [6.07, 6.45) is 5.15. The quantitative estimate of drug-likeness (QED) is 0.810. The van der Waals surface area contributed by atoms with E-state index in [1.807, 2.05) is 13.0 Å². The van der Waals surface area contributed by atoms with Crippen LogP contribution < -0.4 is 11.1 Å². The van der Waals surface area contributed by atoms with Gasteiger partial charge in [0.2, 0.25) is 5.91 Å². The molecule has 1 saturated heterocycles. The average molecular weight is 402 g/mol. The van der Waals surface area contributed by atoms with Gasteiger partial charge in [-0.1, -0.05) is 43.2 Å². The number of nitrogens with zero attached hydrogens (tertiary/aromatic N) is 1. The fourth-order valence-electron chi connectivity index (χ4n) is 4.33. The van der Waals surface area contributed by atoms with Gasteiger partial charge in [-0.05, 0) is 38.7 Å². The maximum Gasteiger partial charge on any atom is 0.225 e. The van der Waals surface area contributed by atoms with Gasteiger partial charge >= 0.3 is 0 Å². The van der Waals surface area contributed by atoms with E-state index in [4.69, 9.17) is 5.73 Å². The normalized spacial score (nSPS) is 31.6. The molecule has 6 heteroatoms. The Morgan fingerprint density at radius 3 is 2.62 bits per heavy atom. The highest BCUT2D eigenvalue weighted by Gasteiger charge is 2.39. The monoisotopic (exact) mass is 401 g/mol. The summed E-state index contributed by atoms with van der Waals surface area (Å²) in [7, 11) is 0. The fraction of sp³-hybridized carbons (Fsp3) is 0.650. The maximum absolute atomic E-state index is 12.7. The van der Waals surface area contributed by atoms with Crippen molar-refractivity contribution in [1.82, 2.24) is 10.2 Å². The zero-order valence-corrected chi connectivity index (χ0v) is 17.5. The van der Waals surface area contributed by atoms with Gasteiger partial charge in [-0.15, -0.1) is 24.8 Å². The standard InChI is InChI=1S/C20H31N3O.2ClH/c1-15-12-17(14-23(15)13-16-8-4-3-5-9-16)22-19(24)18-10-6-7-11-20(18,2)21;;/h3-5,8-9,15,17-18H,6-7,10-14,21H2,1-2H3,(H,22,24);2*1H. The molecule has 0 radical (unpaired) electrons. The largest absolute Gasteiger partial charge is 0.352 e. The molecule has 4 atom stereocenters. The molecule has 1 amide bonds. The number of carbonyl (C=O) groups is 1. The van der Waals surface area contributed by atoms with Crippen molar-refractivity contribution in [2.24, 2.45) is 11.7 Å². The highest BCUT2D eigenvalue weighted by molar-refractivity contribution is 5.85. The van der Waals surface area contributed by atoms with Crippen molar-refractivity contribution in [2.45, 2.75) is 70.1 Å². The van der Waals surface area contributed by atoms with Gasteiger partial charge in [-0.2, -0.15) is 0 Å². The lowest BCUT2D eigenvalue weighted by Crippen LogP contribution is -2.54. The van der Waals surface area contributed by atoms with Crippen molar-refractivity contribution in [3.05, 3.63) is 35.9 Å². The van der Waals surface area contributed by atoms with Crippen LogP contribution in [0, 0.1) is 5.92 Å². The Hall–Kier alpha value is -0.810. The smallest absolute Gasteiger partial charge is 0.225 e. The zero-order valence-electron chi connectivity index (χ0n) is 15.8. The third-order valence-electron chi connectivity index (χ3n) is 5.85. The number of hydrogen-bond donors (Lipinski definition) is 2. The van der Waals surface area contributed by atoms with Gasteiger partial charge in [0.25, 0.3) is 0 Å². The lowest BCUT2D eigenvalue weighted by molar-refractivity contribution is -0.128. The highest BCUT2D eigenvalue weighted by atomic mass is 35.5. The molecule has 1 aromatic carbocycles. The van der Waals surface area contributed by atoms with Crippen LogP contribution in [0.25, 0.3) is 0 Å². The molecule has 26 heavy (non-hydrogen) atoms. The highest BCUT2D eigenvalue weighted by Crippen LogP contribution is 2.32. The SMILES string of the molecule is CC1CC(NC(=O)C2CCCCC2(C)N)CN1Cc1ccccc1.Cl.Cl. The van der Waals surface area contributed by atoms with E-state index in [2.05, 4.69) is 41.4 Å². The molecule has 2 fully saturated rings. The Labute approximate surface area is 170 Å². The van der Waals surface area contributed by atoms with E-state index in [1.54, 1.807) is 0 Å². The third kappa shape index (κ3) is 5.59. The Kier molecular flexibility index (Phi) is 8.87. The van der Waals surface area contributed by atoms with Crippen molar-refractivity contribution >= 4 is 30.7 Å². The van der Waals surface area contributed by atoms with Gasteiger partial charge < -0.3 is 11.1 Å². The van der Waals surface area contributed by atoms with Gasteiger partial charge in [-0.3, -0.25) is 9.69 Å². The number of rotatable bonds is 4. The number of likely N-dealkylation sites (tertiary alicyclic amines) is 1. The number of nitrogens with two attached hydrogens (primary N) is 1. The molecular formula is C20H33Cl2N3O. The van der Waals surface area contributed by atoms with Crippen molar-refractivity contribution < 1.29 is 4.79 Å². The summed E-state index contributed by atoms with van der Waals surface area (Å²) >= 11 is 0. The fourth-order valence-corrected chi connectivity index (χ4v) is 4.33. The van der Waals surface area contributed by atoms with Crippen LogP contribution in [-0.2, 0) is 11.3 Å². The summed E-state index contributed by atoms with van der Waals surface area (Å²) in [5.41, 5.74) is 7.36. The molecule has 2 aliphatic rings. The summed E-state index contributed by atoms with van der Waals surface area (Å²) < 4.78 is 0. The van der Waals surface area contributed by atoms with Crippen molar-refractivity contribution in [1.29, 1.82) is 0 Å². The molecule has 1 aliphatic heterocycles. The van der Waals surface area contributed by atoms with Crippen LogP contribution >= 0.6 is 24.8 Å². The number of amides is 1. The van der Waals surface area contributed by atoms with Crippen LogP contribution in [0.2, 0.25) is 0 Å². The Morgan fingerprint density at radius 2 is 1.96 bits per heavy atom. The predicted molar refractivity (Wildman–Crippen MR) is 112 cm³/mol. The summed E-state index contributed by atoms with van der Waals surface area (Å²) in [5, 5.41) is 3.29. The Balaban J connectivity index is 0.00000169. The van der Waals surface area contributed by atoms with E-state index in [9.17, 15) is 4.79 Å². The van der Waals surface area contributed by atoms with E-state index in [-0.39, 0.29) is 48.2 Å². The van der Waals surface area contributed by atoms with Gasteiger partial charge in [0.05, 0.1) is 5.92 Å². The number of halogens is 2. The third-order valence-corrected chi connectivity index (χ3v) is 5.85.